The number of allylic oxidation sites excluding steroid dienone is 1. The molecule has 0 amide bonds. The van der Waals surface area contributed by atoms with E-state index in [1.54, 1.807) is 16.8 Å². The standard InChI is InChI=1S/C26H30N8O2/c1-4-14-32-25(36)21-16-28-26(29-20-7-5-6-19(15-20)18-10-12-27-13-11-18)30-24(21)34(32)22-8-9-23(35)33(31-22)17(2)3/h4-9,15-18,27H,1,10-14H2,2-3H3,(H,28,29,30). The number of nitrogens with zero attached hydrogens (tertiary/aromatic N) is 6. The first-order valence-corrected chi connectivity index (χ1v) is 12.2. The summed E-state index contributed by atoms with van der Waals surface area (Å²) in [7, 11) is 0. The lowest BCUT2D eigenvalue weighted by molar-refractivity contribution is 0.460. The zero-order valence-corrected chi connectivity index (χ0v) is 20.5. The van der Waals surface area contributed by atoms with Crippen molar-refractivity contribution in [1.82, 2.24) is 34.4 Å². The Morgan fingerprint density at radius 2 is 2.00 bits per heavy atom. The lowest BCUT2D eigenvalue weighted by Crippen LogP contribution is -2.28. The molecular formula is C26H30N8O2. The van der Waals surface area contributed by atoms with Crippen molar-refractivity contribution in [2.24, 2.45) is 0 Å². The van der Waals surface area contributed by atoms with E-state index in [4.69, 9.17) is 4.98 Å². The van der Waals surface area contributed by atoms with Gasteiger partial charge in [0, 0.05) is 18.0 Å². The molecule has 0 unspecified atom stereocenters. The first-order valence-electron chi connectivity index (χ1n) is 12.2. The summed E-state index contributed by atoms with van der Waals surface area (Å²) in [6.45, 7) is 9.84. The molecule has 10 heteroatoms. The van der Waals surface area contributed by atoms with Crippen LogP contribution in [-0.4, -0.2) is 42.2 Å². The van der Waals surface area contributed by atoms with E-state index in [9.17, 15) is 9.59 Å². The van der Waals surface area contributed by atoms with E-state index in [0.717, 1.165) is 31.6 Å². The van der Waals surface area contributed by atoms with Crippen LogP contribution in [0, 0.1) is 0 Å². The van der Waals surface area contributed by atoms with Crippen molar-refractivity contribution >= 4 is 22.7 Å². The molecule has 1 aromatic carbocycles. The summed E-state index contributed by atoms with van der Waals surface area (Å²) in [5.74, 6) is 1.30. The molecule has 5 rings (SSSR count). The van der Waals surface area contributed by atoms with Crippen molar-refractivity contribution in [3.63, 3.8) is 0 Å². The minimum atomic E-state index is -0.256. The molecule has 1 saturated heterocycles. The van der Waals surface area contributed by atoms with Crippen molar-refractivity contribution < 1.29 is 0 Å². The molecule has 0 aliphatic carbocycles. The average Bonchev–Trinajstić information content (AvgIpc) is 3.16. The first kappa shape index (κ1) is 23.7. The summed E-state index contributed by atoms with van der Waals surface area (Å²) in [5.41, 5.74) is 2.10. The Labute approximate surface area is 208 Å². The van der Waals surface area contributed by atoms with Crippen LogP contribution in [0.4, 0.5) is 11.6 Å². The fourth-order valence-electron chi connectivity index (χ4n) is 4.66. The Morgan fingerprint density at radius 1 is 1.19 bits per heavy atom. The molecule has 186 valence electrons. The van der Waals surface area contributed by atoms with E-state index in [-0.39, 0.29) is 23.7 Å². The average molecular weight is 487 g/mol. The Kier molecular flexibility index (Phi) is 6.51. The van der Waals surface area contributed by atoms with Gasteiger partial charge in [0.25, 0.3) is 11.1 Å². The maximum Gasteiger partial charge on any atom is 0.278 e. The number of rotatable bonds is 7. The Balaban J connectivity index is 1.58. The summed E-state index contributed by atoms with van der Waals surface area (Å²) < 4.78 is 4.50. The van der Waals surface area contributed by atoms with Gasteiger partial charge in [0.05, 0.1) is 12.6 Å². The smallest absolute Gasteiger partial charge is 0.278 e. The van der Waals surface area contributed by atoms with Gasteiger partial charge in [-0.2, -0.15) is 4.98 Å². The van der Waals surface area contributed by atoms with Crippen molar-refractivity contribution in [2.75, 3.05) is 18.4 Å². The van der Waals surface area contributed by atoms with Crippen LogP contribution in [0.1, 0.15) is 44.2 Å². The van der Waals surface area contributed by atoms with Crippen LogP contribution in [0.5, 0.6) is 0 Å². The minimum Gasteiger partial charge on any atom is -0.324 e. The van der Waals surface area contributed by atoms with Gasteiger partial charge in [0.2, 0.25) is 5.95 Å². The van der Waals surface area contributed by atoms with E-state index in [1.165, 1.54) is 27.2 Å². The van der Waals surface area contributed by atoms with E-state index >= 15 is 0 Å². The van der Waals surface area contributed by atoms with Gasteiger partial charge in [0.15, 0.2) is 11.5 Å². The van der Waals surface area contributed by atoms with E-state index in [0.29, 0.717) is 28.7 Å². The van der Waals surface area contributed by atoms with Gasteiger partial charge in [0.1, 0.15) is 5.39 Å². The zero-order chi connectivity index (χ0) is 25.2. The summed E-state index contributed by atoms with van der Waals surface area (Å²) in [6, 6.07) is 11.2. The van der Waals surface area contributed by atoms with Crippen LogP contribution in [0.15, 0.2) is 64.8 Å². The number of piperidine rings is 1. The summed E-state index contributed by atoms with van der Waals surface area (Å²) in [4.78, 5) is 34.6. The molecule has 2 N–H and O–H groups in total. The maximum absolute atomic E-state index is 13.2. The van der Waals surface area contributed by atoms with Crippen molar-refractivity contribution in [3.8, 4) is 5.82 Å². The highest BCUT2D eigenvalue weighted by Gasteiger charge is 2.19. The summed E-state index contributed by atoms with van der Waals surface area (Å²) >= 11 is 0. The minimum absolute atomic E-state index is 0.141. The highest BCUT2D eigenvalue weighted by Crippen LogP contribution is 2.28. The molecule has 1 aliphatic heterocycles. The quantitative estimate of drug-likeness (QED) is 0.386. The molecule has 4 heterocycles. The second kappa shape index (κ2) is 9.90. The summed E-state index contributed by atoms with van der Waals surface area (Å²) in [5, 5.41) is 11.6. The molecule has 0 atom stereocenters. The highest BCUT2D eigenvalue weighted by molar-refractivity contribution is 5.77. The first-order chi connectivity index (χ1) is 17.5. The number of fused-ring (bicyclic) bond motifs is 1. The molecule has 3 aromatic heterocycles. The van der Waals surface area contributed by atoms with Crippen LogP contribution >= 0.6 is 0 Å². The van der Waals surface area contributed by atoms with Gasteiger partial charge in [-0.05, 0) is 69.5 Å². The van der Waals surface area contributed by atoms with E-state index in [1.807, 2.05) is 26.0 Å². The number of nitrogens with one attached hydrogen (secondary N) is 2. The van der Waals surface area contributed by atoms with E-state index in [2.05, 4.69) is 39.4 Å². The number of hydrogen-bond acceptors (Lipinski definition) is 7. The second-order valence-corrected chi connectivity index (χ2v) is 9.26. The Morgan fingerprint density at radius 3 is 2.75 bits per heavy atom. The normalized spacial score (nSPS) is 14.4. The van der Waals surface area contributed by atoms with Crippen LogP contribution < -0.4 is 21.8 Å². The number of hydrogen-bond donors (Lipinski definition) is 2. The van der Waals surface area contributed by atoms with Crippen LogP contribution in [0.25, 0.3) is 16.9 Å². The SMILES string of the molecule is C=CCn1c(=O)c2cnc(Nc3cccc(C4CCNCC4)c3)nc2n1-c1ccc(=O)n(C(C)C)n1. The Bertz CT molecular complexity index is 1530. The largest absolute Gasteiger partial charge is 0.324 e. The van der Waals surface area contributed by atoms with Gasteiger partial charge in [-0.25, -0.2) is 19.0 Å². The molecular weight excluding hydrogens is 456 g/mol. The van der Waals surface area contributed by atoms with Gasteiger partial charge in [-0.3, -0.25) is 9.59 Å². The van der Waals surface area contributed by atoms with Gasteiger partial charge >= 0.3 is 0 Å². The van der Waals surface area contributed by atoms with E-state index < -0.39 is 0 Å². The molecule has 0 saturated carbocycles. The summed E-state index contributed by atoms with van der Waals surface area (Å²) in [6.07, 6.45) is 5.38. The lowest BCUT2D eigenvalue weighted by atomic mass is 9.90. The van der Waals surface area contributed by atoms with Gasteiger partial charge in [-0.15, -0.1) is 11.7 Å². The zero-order valence-electron chi connectivity index (χ0n) is 20.5. The molecule has 0 spiro atoms. The lowest BCUT2D eigenvalue weighted by Gasteiger charge is -2.23. The third-order valence-electron chi connectivity index (χ3n) is 6.45. The van der Waals surface area contributed by atoms with Gasteiger partial charge in [-0.1, -0.05) is 18.2 Å². The third kappa shape index (κ3) is 4.47. The highest BCUT2D eigenvalue weighted by atomic mass is 16.1. The predicted octanol–water partition coefficient (Wildman–Crippen LogP) is 3.12. The van der Waals surface area contributed by atoms with Crippen LogP contribution in [0.3, 0.4) is 0 Å². The molecule has 0 radical (unpaired) electrons. The molecule has 1 fully saturated rings. The molecule has 36 heavy (non-hydrogen) atoms. The third-order valence-corrected chi connectivity index (χ3v) is 6.45. The van der Waals surface area contributed by atoms with Crippen LogP contribution in [0.2, 0.25) is 0 Å². The van der Waals surface area contributed by atoms with Crippen molar-refractivity contribution in [3.05, 3.63) is 81.5 Å². The molecule has 1 aliphatic rings. The topological polar surface area (TPSA) is 112 Å². The fraction of sp³-hybridized carbons (Fsp3) is 0.346. The predicted molar refractivity (Wildman–Crippen MR) is 140 cm³/mol. The Hall–Kier alpha value is -4.05. The van der Waals surface area contributed by atoms with Gasteiger partial charge < -0.3 is 10.6 Å². The molecule has 10 nitrogen and oxygen atoms in total. The van der Waals surface area contributed by atoms with Crippen molar-refractivity contribution in [1.29, 1.82) is 0 Å². The number of anilines is 2. The maximum atomic E-state index is 13.2. The fourth-order valence-corrected chi connectivity index (χ4v) is 4.66. The monoisotopic (exact) mass is 486 g/mol. The van der Waals surface area contributed by atoms with Crippen molar-refractivity contribution in [2.45, 2.75) is 45.2 Å². The number of benzene rings is 1. The molecule has 4 aromatic rings. The second-order valence-electron chi connectivity index (χ2n) is 9.26. The number of aromatic nitrogens is 6. The molecule has 0 bridgehead atoms. The van der Waals surface area contributed by atoms with Crippen LogP contribution in [-0.2, 0) is 6.54 Å².